The molecule has 8 heteroatoms. The van der Waals surface area contributed by atoms with E-state index in [1.165, 1.54) is 16.8 Å². The molecule has 1 aromatic carbocycles. The summed E-state index contributed by atoms with van der Waals surface area (Å²) < 4.78 is 15.4. The minimum absolute atomic E-state index is 0.0769. The molecule has 0 bridgehead atoms. The van der Waals surface area contributed by atoms with E-state index in [0.29, 0.717) is 17.3 Å². The van der Waals surface area contributed by atoms with Gasteiger partial charge < -0.3 is 10.2 Å². The second-order valence-corrected chi connectivity index (χ2v) is 6.02. The molecule has 0 radical (unpaired) electrons. The first-order valence-electron chi connectivity index (χ1n) is 7.38. The average Bonchev–Trinajstić information content (AvgIpc) is 2.89. The van der Waals surface area contributed by atoms with Gasteiger partial charge in [0.2, 0.25) is 0 Å². The molecule has 1 amide bonds. The smallest absolute Gasteiger partial charge is 0.276 e. The Balaban J connectivity index is 1.94. The third kappa shape index (κ3) is 2.94. The second-order valence-electron chi connectivity index (χ2n) is 5.58. The van der Waals surface area contributed by atoms with E-state index in [2.05, 4.69) is 15.6 Å². The van der Waals surface area contributed by atoms with Crippen molar-refractivity contribution >= 4 is 17.5 Å². The molecule has 1 N–H and O–H groups in total. The van der Waals surface area contributed by atoms with Crippen molar-refractivity contribution in [3.8, 4) is 5.69 Å². The summed E-state index contributed by atoms with van der Waals surface area (Å²) in [5.74, 6) is -0.697. The summed E-state index contributed by atoms with van der Waals surface area (Å²) in [7, 11) is 0. The van der Waals surface area contributed by atoms with Crippen molar-refractivity contribution in [1.82, 2.24) is 25.2 Å². The first-order valence-corrected chi connectivity index (χ1v) is 7.76. The van der Waals surface area contributed by atoms with Crippen LogP contribution in [0.15, 0.2) is 18.2 Å². The molecule has 0 aliphatic carbocycles. The molecule has 3 rings (SSSR count). The number of hydrogen-bond donors (Lipinski definition) is 1. The van der Waals surface area contributed by atoms with Crippen LogP contribution >= 0.6 is 11.6 Å². The molecule has 122 valence electrons. The molecule has 2 aromatic rings. The summed E-state index contributed by atoms with van der Waals surface area (Å²) in [5.41, 5.74) is 0.960. The van der Waals surface area contributed by atoms with Gasteiger partial charge in [0.25, 0.3) is 5.91 Å². The molecule has 6 nitrogen and oxygen atoms in total. The molecule has 1 saturated heterocycles. The minimum atomic E-state index is -0.514. The van der Waals surface area contributed by atoms with Crippen molar-refractivity contribution in [3.63, 3.8) is 0 Å². The summed E-state index contributed by atoms with van der Waals surface area (Å²) in [4.78, 5) is 14.4. The lowest BCUT2D eigenvalue weighted by molar-refractivity contribution is 0.0649. The highest BCUT2D eigenvalue weighted by Gasteiger charge is 2.28. The maximum atomic E-state index is 14.1. The number of carbonyl (C=O) groups is 1. The number of halogens is 2. The predicted molar refractivity (Wildman–Crippen MR) is 84.4 cm³/mol. The normalized spacial score (nSPS) is 18.3. The summed E-state index contributed by atoms with van der Waals surface area (Å²) in [6.07, 6.45) is 0. The van der Waals surface area contributed by atoms with Gasteiger partial charge in [-0.25, -0.2) is 9.07 Å². The molecule has 0 saturated carbocycles. The SMILES string of the molecule is Cc1c(C(=O)N2CCNCC2C)nnn1-c1ccc(Cl)cc1F. The maximum Gasteiger partial charge on any atom is 0.276 e. The van der Waals surface area contributed by atoms with Crippen LogP contribution in [0.4, 0.5) is 4.39 Å². The van der Waals surface area contributed by atoms with E-state index >= 15 is 0 Å². The van der Waals surface area contributed by atoms with Crippen molar-refractivity contribution in [2.24, 2.45) is 0 Å². The van der Waals surface area contributed by atoms with Gasteiger partial charge in [-0.1, -0.05) is 16.8 Å². The van der Waals surface area contributed by atoms with Crippen LogP contribution in [0.3, 0.4) is 0 Å². The molecule has 1 aromatic heterocycles. The number of nitrogens with zero attached hydrogens (tertiary/aromatic N) is 4. The molecular weight excluding hydrogens is 321 g/mol. The largest absolute Gasteiger partial charge is 0.332 e. The lowest BCUT2D eigenvalue weighted by Crippen LogP contribution is -2.52. The number of rotatable bonds is 2. The molecule has 1 aliphatic heterocycles. The topological polar surface area (TPSA) is 63.1 Å². The van der Waals surface area contributed by atoms with Gasteiger partial charge in [-0.3, -0.25) is 4.79 Å². The third-order valence-corrected chi connectivity index (χ3v) is 4.23. The zero-order chi connectivity index (χ0) is 16.6. The average molecular weight is 338 g/mol. The Labute approximate surface area is 138 Å². The summed E-state index contributed by atoms with van der Waals surface area (Å²) in [6.45, 7) is 5.78. The molecule has 1 fully saturated rings. The van der Waals surface area contributed by atoms with Crippen LogP contribution in [0.5, 0.6) is 0 Å². The molecule has 23 heavy (non-hydrogen) atoms. The molecule has 2 heterocycles. The number of hydrogen-bond acceptors (Lipinski definition) is 4. The molecular formula is C15H17ClFN5O. The van der Waals surface area contributed by atoms with Crippen molar-refractivity contribution in [3.05, 3.63) is 40.4 Å². The van der Waals surface area contributed by atoms with Crippen LogP contribution in [0.2, 0.25) is 5.02 Å². The Hall–Kier alpha value is -1.99. The fraction of sp³-hybridized carbons (Fsp3) is 0.400. The standard InChI is InChI=1S/C15H17ClFN5O/c1-9-8-18-5-6-21(9)15(23)14-10(2)22(20-19-14)13-4-3-11(16)7-12(13)17/h3-4,7,9,18H,5-6,8H2,1-2H3. The van der Waals surface area contributed by atoms with E-state index in [4.69, 9.17) is 11.6 Å². The van der Waals surface area contributed by atoms with Gasteiger partial charge in [0.15, 0.2) is 5.69 Å². The zero-order valence-corrected chi connectivity index (χ0v) is 13.6. The van der Waals surface area contributed by atoms with Gasteiger partial charge >= 0.3 is 0 Å². The Kier molecular flexibility index (Phi) is 4.32. The number of nitrogens with one attached hydrogen (secondary N) is 1. The lowest BCUT2D eigenvalue weighted by atomic mass is 10.2. The van der Waals surface area contributed by atoms with Crippen molar-refractivity contribution in [2.75, 3.05) is 19.6 Å². The molecule has 1 atom stereocenters. The maximum absolute atomic E-state index is 14.1. The van der Waals surface area contributed by atoms with Crippen LogP contribution in [-0.2, 0) is 0 Å². The zero-order valence-electron chi connectivity index (χ0n) is 12.9. The number of benzene rings is 1. The highest BCUT2D eigenvalue weighted by Crippen LogP contribution is 2.20. The first-order chi connectivity index (χ1) is 11.0. The second kappa shape index (κ2) is 6.25. The van der Waals surface area contributed by atoms with Gasteiger partial charge in [0.05, 0.1) is 5.69 Å². The quantitative estimate of drug-likeness (QED) is 0.907. The van der Waals surface area contributed by atoms with E-state index in [0.717, 1.165) is 13.1 Å². The number of carbonyl (C=O) groups excluding carboxylic acids is 1. The van der Waals surface area contributed by atoms with Crippen LogP contribution in [0, 0.1) is 12.7 Å². The van der Waals surface area contributed by atoms with E-state index < -0.39 is 5.82 Å². The van der Waals surface area contributed by atoms with Gasteiger partial charge in [-0.05, 0) is 32.0 Å². The highest BCUT2D eigenvalue weighted by molar-refractivity contribution is 6.30. The van der Waals surface area contributed by atoms with Gasteiger partial charge in [-0.2, -0.15) is 0 Å². The van der Waals surface area contributed by atoms with Crippen molar-refractivity contribution < 1.29 is 9.18 Å². The molecule has 1 aliphatic rings. The molecule has 0 spiro atoms. The Bertz CT molecular complexity index is 747. The Morgan fingerprint density at radius 2 is 2.26 bits per heavy atom. The number of aromatic nitrogens is 3. The van der Waals surface area contributed by atoms with Crippen LogP contribution < -0.4 is 5.32 Å². The fourth-order valence-electron chi connectivity index (χ4n) is 2.69. The van der Waals surface area contributed by atoms with Gasteiger partial charge in [0.1, 0.15) is 11.5 Å². The lowest BCUT2D eigenvalue weighted by Gasteiger charge is -2.33. The van der Waals surface area contributed by atoms with E-state index in [1.54, 1.807) is 17.9 Å². The predicted octanol–water partition coefficient (Wildman–Crippen LogP) is 1.80. The highest BCUT2D eigenvalue weighted by atomic mass is 35.5. The van der Waals surface area contributed by atoms with E-state index in [9.17, 15) is 9.18 Å². The third-order valence-electron chi connectivity index (χ3n) is 4.00. The first kappa shape index (κ1) is 15.9. The van der Waals surface area contributed by atoms with E-state index in [1.807, 2.05) is 6.92 Å². The van der Waals surface area contributed by atoms with Crippen molar-refractivity contribution in [1.29, 1.82) is 0 Å². The van der Waals surface area contributed by atoms with Gasteiger partial charge in [-0.15, -0.1) is 5.10 Å². The summed E-state index contributed by atoms with van der Waals surface area (Å²) in [5, 5.41) is 11.4. The molecule has 1 unspecified atom stereocenters. The van der Waals surface area contributed by atoms with Crippen LogP contribution in [-0.4, -0.2) is 51.5 Å². The summed E-state index contributed by atoms with van der Waals surface area (Å²) in [6, 6.07) is 4.37. The van der Waals surface area contributed by atoms with E-state index in [-0.39, 0.29) is 23.3 Å². The fourth-order valence-corrected chi connectivity index (χ4v) is 2.85. The van der Waals surface area contributed by atoms with Crippen LogP contribution in [0.1, 0.15) is 23.1 Å². The number of piperazine rings is 1. The Morgan fingerprint density at radius 3 is 2.96 bits per heavy atom. The van der Waals surface area contributed by atoms with Crippen molar-refractivity contribution in [2.45, 2.75) is 19.9 Å². The van der Waals surface area contributed by atoms with Gasteiger partial charge in [0, 0.05) is 30.7 Å². The number of amides is 1. The minimum Gasteiger partial charge on any atom is -0.332 e. The summed E-state index contributed by atoms with van der Waals surface area (Å²) >= 11 is 5.77. The van der Waals surface area contributed by atoms with Crippen LogP contribution in [0.25, 0.3) is 5.69 Å². The monoisotopic (exact) mass is 337 g/mol. The Morgan fingerprint density at radius 1 is 1.48 bits per heavy atom.